The normalized spacial score (nSPS) is 20.3. The molecular formula is C11H12BrNO4. The minimum Gasteiger partial charge on any atom is -0.480 e. The highest BCUT2D eigenvalue weighted by atomic mass is 79.9. The minimum absolute atomic E-state index is 0.165. The van der Waals surface area contributed by atoms with E-state index in [1.54, 1.807) is 6.07 Å². The van der Waals surface area contributed by atoms with E-state index in [9.17, 15) is 9.59 Å². The lowest BCUT2D eigenvalue weighted by atomic mass is 10.0. The quantitative estimate of drug-likeness (QED) is 0.908. The van der Waals surface area contributed by atoms with Gasteiger partial charge in [-0.25, -0.2) is 4.79 Å². The van der Waals surface area contributed by atoms with E-state index in [0.29, 0.717) is 17.4 Å². The van der Waals surface area contributed by atoms with E-state index in [2.05, 4.69) is 15.9 Å². The van der Waals surface area contributed by atoms with Crippen LogP contribution in [0.5, 0.6) is 0 Å². The standard InChI is InChI=1S/C11H12BrNO4/c12-7-4-6-17-9(7)10(14)13-5-2-1-3-8(13)11(15)16/h4,6,8H,1-3,5H2,(H,15,16). The number of carboxylic acid groups (broad SMARTS) is 1. The second-order valence-electron chi connectivity index (χ2n) is 3.95. The third-order valence-electron chi connectivity index (χ3n) is 2.86. The van der Waals surface area contributed by atoms with Crippen molar-refractivity contribution in [2.24, 2.45) is 0 Å². The lowest BCUT2D eigenvalue weighted by Gasteiger charge is -2.32. The van der Waals surface area contributed by atoms with Gasteiger partial charge >= 0.3 is 5.97 Å². The Kier molecular flexibility index (Phi) is 3.51. The Morgan fingerprint density at radius 2 is 2.24 bits per heavy atom. The highest BCUT2D eigenvalue weighted by molar-refractivity contribution is 9.10. The molecule has 6 heteroatoms. The number of hydrogen-bond acceptors (Lipinski definition) is 3. The van der Waals surface area contributed by atoms with Crippen LogP contribution < -0.4 is 0 Å². The Bertz CT molecular complexity index is 442. The van der Waals surface area contributed by atoms with Crippen LogP contribution in [0.1, 0.15) is 29.8 Å². The third-order valence-corrected chi connectivity index (χ3v) is 3.48. The highest BCUT2D eigenvalue weighted by Gasteiger charge is 2.34. The molecule has 1 unspecified atom stereocenters. The van der Waals surface area contributed by atoms with Crippen molar-refractivity contribution in [2.75, 3.05) is 6.54 Å². The number of halogens is 1. The van der Waals surface area contributed by atoms with Crippen molar-refractivity contribution in [3.8, 4) is 0 Å². The van der Waals surface area contributed by atoms with Crippen LogP contribution in [0, 0.1) is 0 Å². The number of likely N-dealkylation sites (tertiary alicyclic amines) is 1. The molecule has 0 radical (unpaired) electrons. The van der Waals surface area contributed by atoms with Gasteiger partial charge in [-0.15, -0.1) is 0 Å². The maximum Gasteiger partial charge on any atom is 0.326 e. The minimum atomic E-state index is -0.958. The molecule has 1 N–H and O–H groups in total. The van der Waals surface area contributed by atoms with Crippen LogP contribution in [0.3, 0.4) is 0 Å². The van der Waals surface area contributed by atoms with E-state index in [1.807, 2.05) is 0 Å². The van der Waals surface area contributed by atoms with E-state index in [1.165, 1.54) is 11.2 Å². The summed E-state index contributed by atoms with van der Waals surface area (Å²) in [6.07, 6.45) is 3.56. The van der Waals surface area contributed by atoms with Gasteiger partial charge in [-0.2, -0.15) is 0 Å². The monoisotopic (exact) mass is 301 g/mol. The average Bonchev–Trinajstić information content (AvgIpc) is 2.74. The molecule has 1 aromatic heterocycles. The summed E-state index contributed by atoms with van der Waals surface area (Å²) in [6.45, 7) is 0.461. The molecule has 1 aliphatic heterocycles. The summed E-state index contributed by atoms with van der Waals surface area (Å²) in [6, 6.07) is 0.876. The zero-order chi connectivity index (χ0) is 12.4. The molecule has 17 heavy (non-hydrogen) atoms. The van der Waals surface area contributed by atoms with E-state index in [-0.39, 0.29) is 11.7 Å². The number of furan rings is 1. The number of nitrogens with zero attached hydrogens (tertiary/aromatic N) is 1. The molecule has 92 valence electrons. The number of carbonyl (C=O) groups excluding carboxylic acids is 1. The summed E-state index contributed by atoms with van der Waals surface area (Å²) >= 11 is 3.20. The van der Waals surface area contributed by atoms with Gasteiger partial charge in [0, 0.05) is 6.54 Å². The summed E-state index contributed by atoms with van der Waals surface area (Å²) in [5.74, 6) is -1.16. The van der Waals surface area contributed by atoms with E-state index in [4.69, 9.17) is 9.52 Å². The third kappa shape index (κ3) is 2.36. The maximum absolute atomic E-state index is 12.1. The lowest BCUT2D eigenvalue weighted by molar-refractivity contribution is -0.143. The van der Waals surface area contributed by atoms with Crippen LogP contribution in [0.2, 0.25) is 0 Å². The molecular weight excluding hydrogens is 290 g/mol. The number of amides is 1. The Morgan fingerprint density at radius 3 is 2.82 bits per heavy atom. The zero-order valence-corrected chi connectivity index (χ0v) is 10.6. The molecule has 1 saturated heterocycles. The average molecular weight is 302 g/mol. The van der Waals surface area contributed by atoms with Gasteiger partial charge < -0.3 is 14.4 Å². The molecule has 1 atom stereocenters. The van der Waals surface area contributed by atoms with Gasteiger partial charge in [0.15, 0.2) is 0 Å². The molecule has 1 aromatic rings. The molecule has 1 fully saturated rings. The molecule has 0 aromatic carbocycles. The Labute approximate surface area is 107 Å². The van der Waals surface area contributed by atoms with Gasteiger partial charge in [0.2, 0.25) is 5.76 Å². The number of piperidine rings is 1. The smallest absolute Gasteiger partial charge is 0.326 e. The number of rotatable bonds is 2. The van der Waals surface area contributed by atoms with Crippen molar-refractivity contribution in [2.45, 2.75) is 25.3 Å². The van der Waals surface area contributed by atoms with E-state index < -0.39 is 12.0 Å². The fraction of sp³-hybridized carbons (Fsp3) is 0.455. The Morgan fingerprint density at radius 1 is 1.47 bits per heavy atom. The molecule has 1 amide bonds. The molecule has 0 aliphatic carbocycles. The largest absolute Gasteiger partial charge is 0.480 e. The lowest BCUT2D eigenvalue weighted by Crippen LogP contribution is -2.47. The van der Waals surface area contributed by atoms with Crippen LogP contribution in [0.25, 0.3) is 0 Å². The number of carboxylic acids is 1. The molecule has 0 spiro atoms. The predicted octanol–water partition coefficient (Wildman–Crippen LogP) is 2.12. The first-order valence-electron chi connectivity index (χ1n) is 5.38. The second-order valence-corrected chi connectivity index (χ2v) is 4.80. The van der Waals surface area contributed by atoms with Crippen molar-refractivity contribution >= 4 is 27.8 Å². The molecule has 2 rings (SSSR count). The van der Waals surface area contributed by atoms with Crippen molar-refractivity contribution in [1.82, 2.24) is 4.90 Å². The predicted molar refractivity (Wildman–Crippen MR) is 62.7 cm³/mol. The summed E-state index contributed by atoms with van der Waals surface area (Å²) in [5, 5.41) is 9.09. The summed E-state index contributed by atoms with van der Waals surface area (Å²) < 4.78 is 5.63. The first-order valence-corrected chi connectivity index (χ1v) is 6.17. The van der Waals surface area contributed by atoms with Gasteiger partial charge in [-0.3, -0.25) is 4.79 Å². The summed E-state index contributed by atoms with van der Waals surface area (Å²) in [4.78, 5) is 24.6. The summed E-state index contributed by atoms with van der Waals surface area (Å²) in [7, 11) is 0. The van der Waals surface area contributed by atoms with Crippen LogP contribution in [0.4, 0.5) is 0 Å². The number of hydrogen-bond donors (Lipinski definition) is 1. The second kappa shape index (κ2) is 4.91. The summed E-state index contributed by atoms with van der Waals surface area (Å²) in [5.41, 5.74) is 0. The van der Waals surface area contributed by atoms with Crippen molar-refractivity contribution in [1.29, 1.82) is 0 Å². The van der Waals surface area contributed by atoms with E-state index >= 15 is 0 Å². The van der Waals surface area contributed by atoms with Gasteiger partial charge in [0.1, 0.15) is 6.04 Å². The molecule has 0 saturated carbocycles. The van der Waals surface area contributed by atoms with Crippen molar-refractivity contribution < 1.29 is 19.1 Å². The highest BCUT2D eigenvalue weighted by Crippen LogP contribution is 2.24. The number of carbonyl (C=O) groups is 2. The van der Waals surface area contributed by atoms with Crippen molar-refractivity contribution in [3.05, 3.63) is 22.6 Å². The fourth-order valence-corrected chi connectivity index (χ4v) is 2.38. The van der Waals surface area contributed by atoms with Crippen LogP contribution in [-0.2, 0) is 4.79 Å². The first-order chi connectivity index (χ1) is 8.11. The van der Waals surface area contributed by atoms with E-state index in [0.717, 1.165) is 12.8 Å². The Hall–Kier alpha value is -1.30. The first kappa shape index (κ1) is 12.2. The molecule has 5 nitrogen and oxygen atoms in total. The van der Waals surface area contributed by atoms with Gasteiger partial charge in [0.25, 0.3) is 5.91 Å². The van der Waals surface area contributed by atoms with Crippen LogP contribution in [-0.4, -0.2) is 34.5 Å². The molecule has 1 aliphatic rings. The van der Waals surface area contributed by atoms with Gasteiger partial charge in [0.05, 0.1) is 10.7 Å². The topological polar surface area (TPSA) is 70.8 Å². The SMILES string of the molecule is O=C(O)C1CCCCN1C(=O)c1occc1Br. The fourth-order valence-electron chi connectivity index (χ4n) is 2.01. The molecule has 2 heterocycles. The Balaban J connectivity index is 2.23. The molecule has 0 bridgehead atoms. The van der Waals surface area contributed by atoms with Gasteiger partial charge in [-0.05, 0) is 41.3 Å². The van der Waals surface area contributed by atoms with Crippen molar-refractivity contribution in [3.63, 3.8) is 0 Å². The van der Waals surface area contributed by atoms with Crippen LogP contribution in [0.15, 0.2) is 21.2 Å². The zero-order valence-electron chi connectivity index (χ0n) is 9.06. The number of aliphatic carboxylic acids is 1. The van der Waals surface area contributed by atoms with Crippen LogP contribution >= 0.6 is 15.9 Å². The van der Waals surface area contributed by atoms with Gasteiger partial charge in [-0.1, -0.05) is 0 Å². The maximum atomic E-state index is 12.1.